The second-order valence-corrected chi connectivity index (χ2v) is 5.14. The Morgan fingerprint density at radius 1 is 1.21 bits per heavy atom. The predicted octanol–water partition coefficient (Wildman–Crippen LogP) is 2.06. The number of nitrogens with zero attached hydrogens (tertiary/aromatic N) is 3. The summed E-state index contributed by atoms with van der Waals surface area (Å²) in [7, 11) is 0. The summed E-state index contributed by atoms with van der Waals surface area (Å²) in [5, 5.41) is 6.79. The second kappa shape index (κ2) is 5.38. The van der Waals surface area contributed by atoms with Crippen molar-refractivity contribution >= 4 is 0 Å². The molecule has 0 bridgehead atoms. The Morgan fingerprint density at radius 2 is 1.95 bits per heavy atom. The molecule has 0 aliphatic heterocycles. The van der Waals surface area contributed by atoms with Crippen LogP contribution in [0.15, 0.2) is 29.3 Å². The number of aromatic nitrogens is 4. The van der Waals surface area contributed by atoms with Gasteiger partial charge in [0.2, 0.25) is 0 Å². The van der Waals surface area contributed by atoms with Crippen molar-refractivity contribution in [1.29, 1.82) is 0 Å². The zero-order chi connectivity index (χ0) is 13.1. The van der Waals surface area contributed by atoms with Crippen molar-refractivity contribution in [2.24, 2.45) is 0 Å². The van der Waals surface area contributed by atoms with E-state index >= 15 is 0 Å². The molecule has 5 nitrogen and oxygen atoms in total. The van der Waals surface area contributed by atoms with Crippen LogP contribution in [0.3, 0.4) is 0 Å². The highest BCUT2D eigenvalue weighted by Gasteiger charge is 2.20. The standard InChI is InChI=1S/C14H18N4O/c19-14-17-16-13(10-11-6-8-15-9-7-11)18(14)12-4-2-1-3-5-12/h6-9,12H,1-5,10H2,(H,17,19). The largest absolute Gasteiger partial charge is 0.343 e. The van der Waals surface area contributed by atoms with E-state index in [1.165, 1.54) is 19.3 Å². The fourth-order valence-corrected chi connectivity index (χ4v) is 2.86. The van der Waals surface area contributed by atoms with Crippen molar-refractivity contribution in [3.05, 3.63) is 46.4 Å². The first-order chi connectivity index (χ1) is 9.34. The van der Waals surface area contributed by atoms with Crippen LogP contribution in [0.1, 0.15) is 49.5 Å². The lowest BCUT2D eigenvalue weighted by atomic mass is 9.95. The quantitative estimate of drug-likeness (QED) is 0.916. The van der Waals surface area contributed by atoms with Crippen molar-refractivity contribution < 1.29 is 0 Å². The highest BCUT2D eigenvalue weighted by atomic mass is 16.1. The van der Waals surface area contributed by atoms with E-state index in [4.69, 9.17) is 0 Å². The summed E-state index contributed by atoms with van der Waals surface area (Å²) in [6.07, 6.45) is 10.1. The summed E-state index contributed by atoms with van der Waals surface area (Å²) in [6, 6.07) is 4.24. The summed E-state index contributed by atoms with van der Waals surface area (Å²) in [5.41, 5.74) is 1.06. The number of aromatic amines is 1. The van der Waals surface area contributed by atoms with Crippen molar-refractivity contribution in [3.63, 3.8) is 0 Å². The maximum atomic E-state index is 12.0. The van der Waals surface area contributed by atoms with Crippen LogP contribution in [0, 0.1) is 0 Å². The molecule has 1 aliphatic rings. The zero-order valence-corrected chi connectivity index (χ0v) is 10.9. The average molecular weight is 258 g/mol. The van der Waals surface area contributed by atoms with Crippen molar-refractivity contribution in [2.45, 2.75) is 44.6 Å². The normalized spacial score (nSPS) is 16.6. The van der Waals surface area contributed by atoms with E-state index in [1.807, 2.05) is 16.7 Å². The number of H-pyrrole nitrogens is 1. The molecular formula is C14H18N4O. The van der Waals surface area contributed by atoms with Crippen LogP contribution in [0.4, 0.5) is 0 Å². The van der Waals surface area contributed by atoms with Gasteiger partial charge in [0.1, 0.15) is 5.82 Å². The number of hydrogen-bond donors (Lipinski definition) is 1. The Hall–Kier alpha value is -1.91. The van der Waals surface area contributed by atoms with E-state index in [9.17, 15) is 4.79 Å². The molecule has 2 heterocycles. The molecule has 1 aliphatic carbocycles. The van der Waals surface area contributed by atoms with Gasteiger partial charge in [-0.05, 0) is 30.5 Å². The molecule has 2 aromatic heterocycles. The molecule has 0 radical (unpaired) electrons. The summed E-state index contributed by atoms with van der Waals surface area (Å²) < 4.78 is 1.86. The highest BCUT2D eigenvalue weighted by Crippen LogP contribution is 2.27. The van der Waals surface area contributed by atoms with E-state index in [2.05, 4.69) is 15.2 Å². The molecule has 0 spiro atoms. The molecule has 3 rings (SSSR count). The van der Waals surface area contributed by atoms with Gasteiger partial charge in [0.25, 0.3) is 0 Å². The fourth-order valence-electron chi connectivity index (χ4n) is 2.86. The number of hydrogen-bond acceptors (Lipinski definition) is 3. The Labute approximate surface area is 111 Å². The molecule has 100 valence electrons. The summed E-state index contributed by atoms with van der Waals surface area (Å²) >= 11 is 0. The third-order valence-corrected chi connectivity index (χ3v) is 3.83. The third kappa shape index (κ3) is 2.59. The van der Waals surface area contributed by atoms with Crippen LogP contribution < -0.4 is 5.69 Å². The minimum absolute atomic E-state index is 0.0732. The van der Waals surface area contributed by atoms with E-state index in [0.29, 0.717) is 12.5 Å². The SMILES string of the molecule is O=c1[nH]nc(Cc2ccncc2)n1C1CCCCC1. The van der Waals surface area contributed by atoms with Crippen LogP contribution in [-0.2, 0) is 6.42 Å². The molecule has 0 unspecified atom stereocenters. The highest BCUT2D eigenvalue weighted by molar-refractivity contribution is 5.15. The van der Waals surface area contributed by atoms with Gasteiger partial charge >= 0.3 is 5.69 Å². The first-order valence-electron chi connectivity index (χ1n) is 6.89. The molecule has 1 fully saturated rings. The molecule has 0 amide bonds. The van der Waals surface area contributed by atoms with Gasteiger partial charge in [0.05, 0.1) is 0 Å². The molecule has 0 aromatic carbocycles. The van der Waals surface area contributed by atoms with Gasteiger partial charge in [-0.15, -0.1) is 0 Å². The maximum absolute atomic E-state index is 12.0. The Morgan fingerprint density at radius 3 is 2.68 bits per heavy atom. The third-order valence-electron chi connectivity index (χ3n) is 3.83. The second-order valence-electron chi connectivity index (χ2n) is 5.14. The van der Waals surface area contributed by atoms with Crippen LogP contribution in [0.5, 0.6) is 0 Å². The van der Waals surface area contributed by atoms with Gasteiger partial charge in [-0.2, -0.15) is 5.10 Å². The number of pyridine rings is 1. The van der Waals surface area contributed by atoms with Crippen LogP contribution in [0.25, 0.3) is 0 Å². The summed E-state index contributed by atoms with van der Waals surface area (Å²) in [5.74, 6) is 0.836. The first-order valence-corrected chi connectivity index (χ1v) is 6.89. The Bertz CT molecular complexity index is 581. The molecule has 1 N–H and O–H groups in total. The zero-order valence-electron chi connectivity index (χ0n) is 10.9. The van der Waals surface area contributed by atoms with Gasteiger partial charge in [-0.25, -0.2) is 9.89 Å². The Balaban J connectivity index is 1.88. The van der Waals surface area contributed by atoms with Gasteiger partial charge in [-0.3, -0.25) is 9.55 Å². The minimum Gasteiger partial charge on any atom is -0.276 e. The topological polar surface area (TPSA) is 63.6 Å². The van der Waals surface area contributed by atoms with Gasteiger partial charge in [-0.1, -0.05) is 19.3 Å². The molecule has 1 saturated carbocycles. The van der Waals surface area contributed by atoms with Crippen LogP contribution in [-0.4, -0.2) is 19.7 Å². The van der Waals surface area contributed by atoms with Crippen molar-refractivity contribution in [2.75, 3.05) is 0 Å². The monoisotopic (exact) mass is 258 g/mol. The van der Waals surface area contributed by atoms with E-state index in [-0.39, 0.29) is 5.69 Å². The average Bonchev–Trinajstić information content (AvgIpc) is 2.82. The molecule has 19 heavy (non-hydrogen) atoms. The molecule has 0 atom stereocenters. The lowest BCUT2D eigenvalue weighted by molar-refractivity contribution is 0.340. The van der Waals surface area contributed by atoms with E-state index in [0.717, 1.165) is 24.2 Å². The molecular weight excluding hydrogens is 240 g/mol. The summed E-state index contributed by atoms with van der Waals surface area (Å²) in [4.78, 5) is 16.0. The minimum atomic E-state index is -0.0732. The van der Waals surface area contributed by atoms with Crippen molar-refractivity contribution in [3.8, 4) is 0 Å². The maximum Gasteiger partial charge on any atom is 0.343 e. The van der Waals surface area contributed by atoms with Crippen molar-refractivity contribution in [1.82, 2.24) is 19.7 Å². The number of rotatable bonds is 3. The molecule has 2 aromatic rings. The predicted molar refractivity (Wildman–Crippen MR) is 72.0 cm³/mol. The molecule has 5 heteroatoms. The van der Waals surface area contributed by atoms with E-state index in [1.54, 1.807) is 12.4 Å². The van der Waals surface area contributed by atoms with Gasteiger partial charge < -0.3 is 0 Å². The first kappa shape index (κ1) is 12.1. The summed E-state index contributed by atoms with van der Waals surface area (Å²) in [6.45, 7) is 0. The lowest BCUT2D eigenvalue weighted by Gasteiger charge is -2.23. The van der Waals surface area contributed by atoms with Gasteiger partial charge in [0.15, 0.2) is 0 Å². The Kier molecular flexibility index (Phi) is 3.44. The smallest absolute Gasteiger partial charge is 0.276 e. The molecule has 0 saturated heterocycles. The van der Waals surface area contributed by atoms with Crippen LogP contribution >= 0.6 is 0 Å². The van der Waals surface area contributed by atoms with Crippen LogP contribution in [0.2, 0.25) is 0 Å². The number of nitrogens with one attached hydrogen (secondary N) is 1. The lowest BCUT2D eigenvalue weighted by Crippen LogP contribution is -2.26. The van der Waals surface area contributed by atoms with Gasteiger partial charge in [0, 0.05) is 24.9 Å². The fraction of sp³-hybridized carbons (Fsp3) is 0.500. The van der Waals surface area contributed by atoms with E-state index < -0.39 is 0 Å².